The number of rotatable bonds is 7. The third-order valence-corrected chi connectivity index (χ3v) is 5.99. The molecular formula is C25H33NO5. The van der Waals surface area contributed by atoms with Gasteiger partial charge in [-0.3, -0.25) is 4.79 Å². The van der Waals surface area contributed by atoms with E-state index in [9.17, 15) is 9.90 Å². The van der Waals surface area contributed by atoms with E-state index in [0.717, 1.165) is 25.1 Å². The number of likely N-dealkylation sites (tertiary alicyclic amines) is 1. The van der Waals surface area contributed by atoms with Crippen LogP contribution in [0.15, 0.2) is 36.4 Å². The lowest BCUT2D eigenvalue weighted by Gasteiger charge is -2.36. The lowest BCUT2D eigenvalue weighted by molar-refractivity contribution is -0.134. The summed E-state index contributed by atoms with van der Waals surface area (Å²) in [4.78, 5) is 15.3. The number of aromatic hydroxyl groups is 1. The smallest absolute Gasteiger partial charge is 0.223 e. The van der Waals surface area contributed by atoms with Gasteiger partial charge in [-0.15, -0.1) is 0 Å². The fraction of sp³-hybridized carbons (Fsp3) is 0.480. The number of carbonyl (C=O) groups is 1. The summed E-state index contributed by atoms with van der Waals surface area (Å²) in [6.07, 6.45) is 1.36. The van der Waals surface area contributed by atoms with Gasteiger partial charge in [-0.25, -0.2) is 0 Å². The Morgan fingerprint density at radius 1 is 1.03 bits per heavy atom. The molecule has 0 radical (unpaired) electrons. The molecule has 0 aromatic heterocycles. The first-order chi connectivity index (χ1) is 14.9. The van der Waals surface area contributed by atoms with Gasteiger partial charge in [0.25, 0.3) is 0 Å². The number of phenols is 1. The van der Waals surface area contributed by atoms with Crippen molar-refractivity contribution in [3.63, 3.8) is 0 Å². The molecule has 31 heavy (non-hydrogen) atoms. The number of hydrogen-bond donors (Lipinski definition) is 1. The van der Waals surface area contributed by atoms with Crippen LogP contribution in [0.4, 0.5) is 0 Å². The van der Waals surface area contributed by atoms with Crippen LogP contribution in [0.1, 0.15) is 43.7 Å². The maximum Gasteiger partial charge on any atom is 0.223 e. The maximum absolute atomic E-state index is 13.4. The van der Waals surface area contributed by atoms with Crippen LogP contribution < -0.4 is 14.2 Å². The SMILES string of the molecule is COc1cccc(C(CC(=O)N2C[C@H](C)C[C@H](C)C2)c2c(O)cc(OC)cc2OC)c1. The first kappa shape index (κ1) is 22.8. The molecule has 2 aromatic carbocycles. The fourth-order valence-electron chi connectivity index (χ4n) is 4.64. The highest BCUT2D eigenvalue weighted by Crippen LogP contribution is 2.43. The van der Waals surface area contributed by atoms with Gasteiger partial charge in [0.1, 0.15) is 23.0 Å². The van der Waals surface area contributed by atoms with E-state index < -0.39 is 5.92 Å². The van der Waals surface area contributed by atoms with Crippen LogP contribution in [-0.2, 0) is 4.79 Å². The molecule has 1 N–H and O–H groups in total. The van der Waals surface area contributed by atoms with Crippen molar-refractivity contribution < 1.29 is 24.1 Å². The van der Waals surface area contributed by atoms with Crippen LogP contribution >= 0.6 is 0 Å². The van der Waals surface area contributed by atoms with E-state index in [1.165, 1.54) is 7.11 Å². The Balaban J connectivity index is 2.03. The zero-order valence-electron chi connectivity index (χ0n) is 19.1. The molecule has 6 heteroatoms. The van der Waals surface area contributed by atoms with E-state index in [2.05, 4.69) is 13.8 Å². The number of methoxy groups -OCH3 is 3. The predicted molar refractivity (Wildman–Crippen MR) is 120 cm³/mol. The molecule has 0 bridgehead atoms. The summed E-state index contributed by atoms with van der Waals surface area (Å²) in [5.74, 6) is 2.35. The van der Waals surface area contributed by atoms with Crippen molar-refractivity contribution in [2.24, 2.45) is 11.8 Å². The van der Waals surface area contributed by atoms with Crippen molar-refractivity contribution in [1.29, 1.82) is 0 Å². The Kier molecular flexibility index (Phi) is 7.31. The number of benzene rings is 2. The highest BCUT2D eigenvalue weighted by Gasteiger charge is 2.31. The fourth-order valence-corrected chi connectivity index (χ4v) is 4.64. The molecule has 1 unspecified atom stereocenters. The molecule has 1 amide bonds. The summed E-state index contributed by atoms with van der Waals surface area (Å²) in [7, 11) is 4.70. The van der Waals surface area contributed by atoms with Crippen molar-refractivity contribution >= 4 is 5.91 Å². The summed E-state index contributed by atoms with van der Waals surface area (Å²) < 4.78 is 16.3. The molecule has 1 saturated heterocycles. The molecule has 1 fully saturated rings. The van der Waals surface area contributed by atoms with E-state index in [1.54, 1.807) is 26.4 Å². The number of piperidine rings is 1. The van der Waals surface area contributed by atoms with Crippen molar-refractivity contribution in [2.45, 2.75) is 32.6 Å². The van der Waals surface area contributed by atoms with E-state index >= 15 is 0 Å². The van der Waals surface area contributed by atoms with Crippen molar-refractivity contribution in [2.75, 3.05) is 34.4 Å². The van der Waals surface area contributed by atoms with E-state index in [-0.39, 0.29) is 18.1 Å². The van der Waals surface area contributed by atoms with Gasteiger partial charge in [0.05, 0.1) is 21.3 Å². The minimum atomic E-state index is -0.393. The second-order valence-electron chi connectivity index (χ2n) is 8.54. The van der Waals surface area contributed by atoms with Gasteiger partial charge in [0, 0.05) is 43.1 Å². The zero-order chi connectivity index (χ0) is 22.5. The summed E-state index contributed by atoms with van der Waals surface area (Å²) >= 11 is 0. The zero-order valence-corrected chi connectivity index (χ0v) is 19.1. The normalized spacial score (nSPS) is 19.6. The Bertz CT molecular complexity index is 903. The highest BCUT2D eigenvalue weighted by molar-refractivity contribution is 5.78. The van der Waals surface area contributed by atoms with Gasteiger partial charge in [0.2, 0.25) is 5.91 Å². The number of phenolic OH excluding ortho intramolecular Hbond substituents is 1. The van der Waals surface area contributed by atoms with Crippen LogP contribution in [-0.4, -0.2) is 50.3 Å². The van der Waals surface area contributed by atoms with Gasteiger partial charge in [0.15, 0.2) is 0 Å². The average molecular weight is 428 g/mol. The van der Waals surface area contributed by atoms with Gasteiger partial charge in [-0.05, 0) is 36.0 Å². The third-order valence-electron chi connectivity index (χ3n) is 5.99. The molecule has 1 aliphatic heterocycles. The van der Waals surface area contributed by atoms with Crippen molar-refractivity contribution in [1.82, 2.24) is 4.90 Å². The number of ether oxygens (including phenoxy) is 3. The molecule has 168 valence electrons. The van der Waals surface area contributed by atoms with Crippen LogP contribution in [0.5, 0.6) is 23.0 Å². The first-order valence-electron chi connectivity index (χ1n) is 10.7. The topological polar surface area (TPSA) is 68.2 Å². The van der Waals surface area contributed by atoms with Gasteiger partial charge in [-0.2, -0.15) is 0 Å². The molecule has 0 spiro atoms. The molecule has 2 aromatic rings. The van der Waals surface area contributed by atoms with Gasteiger partial charge < -0.3 is 24.2 Å². The van der Waals surface area contributed by atoms with E-state index in [4.69, 9.17) is 14.2 Å². The van der Waals surface area contributed by atoms with Crippen molar-refractivity contribution in [3.05, 3.63) is 47.5 Å². The summed E-state index contributed by atoms with van der Waals surface area (Å²) in [5.41, 5.74) is 1.45. The van der Waals surface area contributed by atoms with E-state index in [0.29, 0.717) is 34.6 Å². The maximum atomic E-state index is 13.4. The molecular weight excluding hydrogens is 394 g/mol. The molecule has 0 saturated carbocycles. The second-order valence-corrected chi connectivity index (χ2v) is 8.54. The number of hydrogen-bond acceptors (Lipinski definition) is 5. The number of nitrogens with zero attached hydrogens (tertiary/aromatic N) is 1. The van der Waals surface area contributed by atoms with E-state index in [1.807, 2.05) is 29.2 Å². The molecule has 6 nitrogen and oxygen atoms in total. The van der Waals surface area contributed by atoms with Gasteiger partial charge >= 0.3 is 0 Å². The monoisotopic (exact) mass is 427 g/mol. The number of carbonyl (C=O) groups excluding carboxylic acids is 1. The third kappa shape index (κ3) is 5.24. The van der Waals surface area contributed by atoms with Gasteiger partial charge in [-0.1, -0.05) is 26.0 Å². The Morgan fingerprint density at radius 3 is 2.32 bits per heavy atom. The summed E-state index contributed by atoms with van der Waals surface area (Å²) in [5, 5.41) is 10.9. The van der Waals surface area contributed by atoms with Crippen LogP contribution in [0, 0.1) is 11.8 Å². The Labute approximate surface area is 184 Å². The first-order valence-corrected chi connectivity index (χ1v) is 10.7. The van der Waals surface area contributed by atoms with Crippen molar-refractivity contribution in [3.8, 4) is 23.0 Å². The van der Waals surface area contributed by atoms with Crippen LogP contribution in [0.2, 0.25) is 0 Å². The summed E-state index contributed by atoms with van der Waals surface area (Å²) in [6.45, 7) is 5.90. The standard InChI is InChI=1S/C25H33NO5/c1-16-9-17(2)15-26(14-16)24(28)13-21(18-7-6-8-19(10-18)29-3)25-22(27)11-20(30-4)12-23(25)31-5/h6-8,10-12,16-17,21,27H,9,13-15H2,1-5H3/t16-,17+,21?. The summed E-state index contributed by atoms with van der Waals surface area (Å²) in [6, 6.07) is 10.9. The lowest BCUT2D eigenvalue weighted by Crippen LogP contribution is -2.43. The Hall–Kier alpha value is -2.89. The predicted octanol–water partition coefficient (Wildman–Crippen LogP) is 4.44. The Morgan fingerprint density at radius 2 is 1.71 bits per heavy atom. The molecule has 3 atom stereocenters. The molecule has 1 heterocycles. The average Bonchev–Trinajstić information content (AvgIpc) is 2.76. The second kappa shape index (κ2) is 9.94. The lowest BCUT2D eigenvalue weighted by atomic mass is 9.85. The highest BCUT2D eigenvalue weighted by atomic mass is 16.5. The number of amides is 1. The molecule has 1 aliphatic rings. The minimum absolute atomic E-state index is 0.0391. The molecule has 0 aliphatic carbocycles. The van der Waals surface area contributed by atoms with Crippen LogP contribution in [0.25, 0.3) is 0 Å². The minimum Gasteiger partial charge on any atom is -0.507 e. The van der Waals surface area contributed by atoms with Crippen LogP contribution in [0.3, 0.4) is 0 Å². The largest absolute Gasteiger partial charge is 0.507 e. The molecule has 3 rings (SSSR count). The quantitative estimate of drug-likeness (QED) is 0.707.